The Morgan fingerprint density at radius 3 is 1.10 bits per heavy atom. The second-order valence-corrected chi connectivity index (χ2v) is 18.0. The fraction of sp³-hybridized carbons (Fsp3) is 0.107. The summed E-state index contributed by atoms with van der Waals surface area (Å²) >= 11 is 0. The molecule has 0 unspecified atom stereocenters. The van der Waals surface area contributed by atoms with Gasteiger partial charge in [-0.1, -0.05) is 166 Å². The zero-order chi connectivity index (χ0) is 40.3. The van der Waals surface area contributed by atoms with Gasteiger partial charge in [-0.05, 0) is 109 Å². The quantitative estimate of drug-likeness (QED) is 0.155. The molecule has 0 fully saturated rings. The summed E-state index contributed by atoms with van der Waals surface area (Å²) in [5, 5.41) is 10.5. The van der Waals surface area contributed by atoms with Gasteiger partial charge in [0.2, 0.25) is 13.4 Å². The SMILES string of the molecule is Cc1cc(C)c(B2c3cc4c(cc3-n3c5ccccc5c5c6ccccc6cc2c53)B(c2c(C)cc(C)cc2C)c2cc3ccccc3c3c5ccccc5n-4c23)c(C)c1. The molecule has 13 rings (SSSR count). The van der Waals surface area contributed by atoms with Gasteiger partial charge in [0.15, 0.2) is 0 Å². The van der Waals surface area contributed by atoms with Crippen molar-refractivity contribution in [2.24, 2.45) is 0 Å². The van der Waals surface area contributed by atoms with Gasteiger partial charge in [-0.2, -0.15) is 0 Å². The summed E-state index contributed by atoms with van der Waals surface area (Å²) in [7, 11) is 0. The van der Waals surface area contributed by atoms with Crippen molar-refractivity contribution in [2.75, 3.05) is 0 Å². The van der Waals surface area contributed by atoms with Crippen LogP contribution in [-0.2, 0) is 0 Å². The van der Waals surface area contributed by atoms with Gasteiger partial charge >= 0.3 is 0 Å². The van der Waals surface area contributed by atoms with Crippen molar-refractivity contribution >= 4 is 111 Å². The van der Waals surface area contributed by atoms with Crippen LogP contribution in [0.1, 0.15) is 33.4 Å². The molecule has 4 heterocycles. The number of benzene rings is 9. The Hall–Kier alpha value is -6.77. The van der Waals surface area contributed by atoms with Crippen LogP contribution in [0.5, 0.6) is 0 Å². The van der Waals surface area contributed by atoms with Gasteiger partial charge in [-0.25, -0.2) is 0 Å². The Morgan fingerprint density at radius 1 is 0.350 bits per heavy atom. The molecule has 9 aromatic carbocycles. The Labute approximate surface area is 350 Å². The lowest BCUT2D eigenvalue weighted by Crippen LogP contribution is -2.61. The zero-order valence-corrected chi connectivity index (χ0v) is 34.9. The van der Waals surface area contributed by atoms with Crippen molar-refractivity contribution in [2.45, 2.75) is 41.5 Å². The van der Waals surface area contributed by atoms with Gasteiger partial charge in [-0.3, -0.25) is 0 Å². The van der Waals surface area contributed by atoms with E-state index < -0.39 is 0 Å². The summed E-state index contributed by atoms with van der Waals surface area (Å²) in [5.41, 5.74) is 24.1. The molecule has 0 saturated carbocycles. The third-order valence-electron chi connectivity index (χ3n) is 14.3. The highest BCUT2D eigenvalue weighted by Gasteiger charge is 2.41. The van der Waals surface area contributed by atoms with Crippen molar-refractivity contribution in [3.63, 3.8) is 0 Å². The first kappa shape index (κ1) is 34.1. The van der Waals surface area contributed by atoms with Crippen LogP contribution in [0.4, 0.5) is 0 Å². The van der Waals surface area contributed by atoms with E-state index in [0.717, 1.165) is 0 Å². The maximum Gasteiger partial charge on any atom is 0.247 e. The molecule has 60 heavy (non-hydrogen) atoms. The average Bonchev–Trinajstić information content (AvgIpc) is 3.77. The minimum atomic E-state index is 0.0337. The molecule has 0 bridgehead atoms. The molecule has 0 aliphatic carbocycles. The third-order valence-corrected chi connectivity index (χ3v) is 14.3. The Bertz CT molecular complexity index is 3460. The number of hydrogen-bond acceptors (Lipinski definition) is 0. The number of para-hydroxylation sites is 2. The van der Waals surface area contributed by atoms with E-state index in [2.05, 4.69) is 196 Å². The lowest BCUT2D eigenvalue weighted by molar-refractivity contribution is 1.16. The molecular formula is C56H42B2N2. The second kappa shape index (κ2) is 11.9. The molecule has 2 aliphatic heterocycles. The summed E-state index contributed by atoms with van der Waals surface area (Å²) in [6, 6.07) is 56.2. The van der Waals surface area contributed by atoms with Crippen LogP contribution in [0.15, 0.2) is 146 Å². The van der Waals surface area contributed by atoms with Gasteiger partial charge in [0.05, 0.1) is 22.1 Å². The van der Waals surface area contributed by atoms with Crippen molar-refractivity contribution in [1.29, 1.82) is 0 Å². The Morgan fingerprint density at radius 2 is 0.700 bits per heavy atom. The van der Waals surface area contributed by atoms with E-state index in [1.54, 1.807) is 0 Å². The van der Waals surface area contributed by atoms with Crippen molar-refractivity contribution in [1.82, 2.24) is 9.13 Å². The van der Waals surface area contributed by atoms with Gasteiger partial charge in [0.25, 0.3) is 0 Å². The first-order chi connectivity index (χ1) is 29.3. The number of aromatic nitrogens is 2. The molecular weight excluding hydrogens is 722 g/mol. The maximum atomic E-state index is 2.64. The smallest absolute Gasteiger partial charge is 0.247 e. The first-order valence-corrected chi connectivity index (χ1v) is 21.5. The number of hydrogen-bond donors (Lipinski definition) is 0. The van der Waals surface area contributed by atoms with Crippen LogP contribution in [0.2, 0.25) is 0 Å². The van der Waals surface area contributed by atoms with E-state index in [1.165, 1.54) is 143 Å². The van der Waals surface area contributed by atoms with Crippen LogP contribution in [-0.4, -0.2) is 22.6 Å². The van der Waals surface area contributed by atoms with Crippen molar-refractivity contribution in [3.05, 3.63) is 179 Å². The molecule has 0 radical (unpaired) electrons. The molecule has 4 heteroatoms. The van der Waals surface area contributed by atoms with Crippen LogP contribution in [0.3, 0.4) is 0 Å². The second-order valence-electron chi connectivity index (χ2n) is 18.0. The van der Waals surface area contributed by atoms with Crippen molar-refractivity contribution in [3.8, 4) is 11.4 Å². The lowest BCUT2D eigenvalue weighted by Gasteiger charge is -2.34. The number of nitrogens with zero attached hydrogens (tertiary/aromatic N) is 2. The molecule has 11 aromatic rings. The molecule has 0 atom stereocenters. The van der Waals surface area contributed by atoms with E-state index in [9.17, 15) is 0 Å². The standard InChI is InChI=1S/C56H42B2N2/c1-31-23-33(3)53(34(4)24-31)57-43-29-50-44(30-49(43)59-47-21-13-11-19-41(47)51-39-17-9-7-15-37(39)27-45(57)55(51)59)58(54-35(5)25-32(2)26-36(54)6)46-28-38-16-8-10-18-40(38)52-42-20-12-14-22-48(42)60(50)56(46)52/h7-30H,1-6H3. The topological polar surface area (TPSA) is 9.86 Å². The summed E-state index contributed by atoms with van der Waals surface area (Å²) in [6.07, 6.45) is 0. The van der Waals surface area contributed by atoms with Gasteiger partial charge in [-0.15, -0.1) is 0 Å². The van der Waals surface area contributed by atoms with Crippen LogP contribution in [0.25, 0.3) is 76.5 Å². The highest BCUT2D eigenvalue weighted by Crippen LogP contribution is 2.41. The average molecular weight is 765 g/mol. The van der Waals surface area contributed by atoms with E-state index in [1.807, 2.05) is 0 Å². The monoisotopic (exact) mass is 764 g/mol. The van der Waals surface area contributed by atoms with Crippen LogP contribution < -0.4 is 32.8 Å². The first-order valence-electron chi connectivity index (χ1n) is 21.5. The molecule has 0 amide bonds. The summed E-state index contributed by atoms with van der Waals surface area (Å²) in [5.74, 6) is 0. The molecule has 0 N–H and O–H groups in total. The highest BCUT2D eigenvalue weighted by molar-refractivity contribution is 7.00. The summed E-state index contributed by atoms with van der Waals surface area (Å²) < 4.78 is 5.28. The normalized spacial score (nSPS) is 13.1. The fourth-order valence-electron chi connectivity index (χ4n) is 12.4. The largest absolute Gasteiger partial charge is 0.310 e. The van der Waals surface area contributed by atoms with Crippen molar-refractivity contribution < 1.29 is 0 Å². The molecule has 2 aromatic heterocycles. The molecule has 2 nitrogen and oxygen atoms in total. The number of fused-ring (bicyclic) bond motifs is 14. The summed E-state index contributed by atoms with van der Waals surface area (Å²) in [6.45, 7) is 13.9. The van der Waals surface area contributed by atoms with E-state index in [-0.39, 0.29) is 13.4 Å². The third kappa shape index (κ3) is 4.31. The van der Waals surface area contributed by atoms with E-state index >= 15 is 0 Å². The van der Waals surface area contributed by atoms with Gasteiger partial charge in [0, 0.05) is 32.9 Å². The predicted octanol–water partition coefficient (Wildman–Crippen LogP) is 9.70. The highest BCUT2D eigenvalue weighted by atomic mass is 15.0. The van der Waals surface area contributed by atoms with Crippen LogP contribution >= 0.6 is 0 Å². The number of rotatable bonds is 2. The predicted molar refractivity (Wildman–Crippen MR) is 261 cm³/mol. The van der Waals surface area contributed by atoms with E-state index in [4.69, 9.17) is 0 Å². The molecule has 282 valence electrons. The Kier molecular flexibility index (Phi) is 6.78. The lowest BCUT2D eigenvalue weighted by atomic mass is 9.32. The van der Waals surface area contributed by atoms with Crippen LogP contribution in [0, 0.1) is 41.5 Å². The summed E-state index contributed by atoms with van der Waals surface area (Å²) in [4.78, 5) is 0. The molecule has 2 aliphatic rings. The zero-order valence-electron chi connectivity index (χ0n) is 34.9. The Balaban J connectivity index is 1.27. The van der Waals surface area contributed by atoms with Gasteiger partial charge < -0.3 is 9.13 Å². The minimum absolute atomic E-state index is 0.0337. The van der Waals surface area contributed by atoms with Gasteiger partial charge in [0.1, 0.15) is 0 Å². The minimum Gasteiger partial charge on any atom is -0.310 e. The van der Waals surface area contributed by atoms with E-state index in [0.29, 0.717) is 0 Å². The fourth-order valence-corrected chi connectivity index (χ4v) is 12.4. The number of aryl methyl sites for hydroxylation is 6. The molecule has 0 saturated heterocycles. The maximum absolute atomic E-state index is 2.64. The molecule has 0 spiro atoms.